The predicted octanol–water partition coefficient (Wildman–Crippen LogP) is 0.961. The number of carbonyl (C=O) groups excluding carboxylic acids is 1. The number of primary sulfonamides is 1. The lowest BCUT2D eigenvalue weighted by Gasteiger charge is -2.36. The predicted molar refractivity (Wildman–Crippen MR) is 112 cm³/mol. The van der Waals surface area contributed by atoms with E-state index < -0.39 is 21.5 Å². The highest BCUT2D eigenvalue weighted by Crippen LogP contribution is 2.29. The smallest absolute Gasteiger partial charge is 0.256 e. The number of amides is 1. The number of hydrogen-bond acceptors (Lipinski definition) is 5. The van der Waals surface area contributed by atoms with E-state index in [-0.39, 0.29) is 22.9 Å². The number of rotatable bonds is 5. The van der Waals surface area contributed by atoms with Crippen molar-refractivity contribution in [2.45, 2.75) is 49.6 Å². The van der Waals surface area contributed by atoms with Crippen LogP contribution in [-0.2, 0) is 21.4 Å². The molecule has 9 heteroatoms. The van der Waals surface area contributed by atoms with Gasteiger partial charge in [0.2, 0.25) is 10.0 Å². The second-order valence-electron chi connectivity index (χ2n) is 8.12. The zero-order chi connectivity index (χ0) is 22.1. The molecule has 2 heterocycles. The molecular weight excluding hydrogens is 406 g/mol. The Hall–Kier alpha value is -2.49. The molecule has 1 aliphatic rings. The van der Waals surface area contributed by atoms with E-state index in [0.717, 1.165) is 11.1 Å². The van der Waals surface area contributed by atoms with Crippen molar-refractivity contribution in [1.29, 1.82) is 0 Å². The molecular formula is C21H27N3O5S. The highest BCUT2D eigenvalue weighted by atomic mass is 32.2. The van der Waals surface area contributed by atoms with E-state index in [1.54, 1.807) is 29.3 Å². The fourth-order valence-corrected chi connectivity index (χ4v) is 4.34. The fourth-order valence-electron chi connectivity index (χ4n) is 3.82. The summed E-state index contributed by atoms with van der Waals surface area (Å²) in [6.07, 6.45) is 2.97. The maximum Gasteiger partial charge on any atom is 0.256 e. The Morgan fingerprint density at radius 2 is 1.80 bits per heavy atom. The van der Waals surface area contributed by atoms with Gasteiger partial charge < -0.3 is 14.6 Å². The molecule has 1 unspecified atom stereocenters. The number of pyridine rings is 1. The summed E-state index contributed by atoms with van der Waals surface area (Å²) in [6, 6.07) is 9.71. The monoisotopic (exact) mass is 433 g/mol. The Bertz CT molecular complexity index is 1080. The number of nitrogens with two attached hydrogens (primary N) is 1. The van der Waals surface area contributed by atoms with Crippen LogP contribution >= 0.6 is 0 Å². The van der Waals surface area contributed by atoms with E-state index in [1.165, 1.54) is 29.7 Å². The number of sulfonamides is 1. The van der Waals surface area contributed by atoms with Crippen molar-refractivity contribution in [3.8, 4) is 0 Å². The zero-order valence-corrected chi connectivity index (χ0v) is 17.9. The third-order valence-electron chi connectivity index (χ3n) is 5.55. The Morgan fingerprint density at radius 1 is 1.20 bits per heavy atom. The van der Waals surface area contributed by atoms with Crippen LogP contribution in [-0.4, -0.2) is 47.6 Å². The van der Waals surface area contributed by atoms with Crippen LogP contribution < -0.4 is 10.7 Å². The molecule has 0 bridgehead atoms. The molecule has 162 valence electrons. The second kappa shape index (κ2) is 8.33. The molecule has 0 spiro atoms. The first kappa shape index (κ1) is 22.2. The molecule has 8 nitrogen and oxygen atoms in total. The minimum Gasteiger partial charge on any atom is -0.378 e. The molecule has 3 rings (SSSR count). The van der Waals surface area contributed by atoms with Gasteiger partial charge in [0, 0.05) is 25.4 Å². The maximum atomic E-state index is 12.9. The third kappa shape index (κ3) is 4.97. The topological polar surface area (TPSA) is 123 Å². The number of benzene rings is 1. The number of aliphatic hydroxyl groups is 1. The van der Waals surface area contributed by atoms with E-state index in [2.05, 4.69) is 0 Å². The van der Waals surface area contributed by atoms with Crippen LogP contribution in [0.2, 0.25) is 0 Å². The van der Waals surface area contributed by atoms with Gasteiger partial charge in [0.25, 0.3) is 11.5 Å². The Balaban J connectivity index is 1.63. The molecule has 2 aromatic rings. The molecule has 0 saturated carbocycles. The van der Waals surface area contributed by atoms with Gasteiger partial charge in [-0.3, -0.25) is 9.59 Å². The highest BCUT2D eigenvalue weighted by Gasteiger charge is 2.36. The minimum absolute atomic E-state index is 0.0706. The van der Waals surface area contributed by atoms with Crippen molar-refractivity contribution in [3.63, 3.8) is 0 Å². The zero-order valence-electron chi connectivity index (χ0n) is 17.1. The SMILES string of the molecule is Cc1ccn(CC(C)(O)C(=O)N2CCC(c3ccc(S(N)(=O)=O)cc3)CC2)c(=O)c1. The van der Waals surface area contributed by atoms with Gasteiger partial charge in [-0.1, -0.05) is 12.1 Å². The van der Waals surface area contributed by atoms with E-state index in [4.69, 9.17) is 5.14 Å². The summed E-state index contributed by atoms with van der Waals surface area (Å²) in [6.45, 7) is 4.07. The van der Waals surface area contributed by atoms with E-state index in [1.807, 2.05) is 6.92 Å². The minimum atomic E-state index is -3.72. The second-order valence-corrected chi connectivity index (χ2v) is 9.69. The first-order chi connectivity index (χ1) is 14.0. The highest BCUT2D eigenvalue weighted by molar-refractivity contribution is 7.89. The van der Waals surface area contributed by atoms with Crippen LogP contribution in [0, 0.1) is 6.92 Å². The van der Waals surface area contributed by atoms with Gasteiger partial charge in [-0.15, -0.1) is 0 Å². The first-order valence-corrected chi connectivity index (χ1v) is 11.3. The van der Waals surface area contributed by atoms with Crippen molar-refractivity contribution < 1.29 is 18.3 Å². The van der Waals surface area contributed by atoms with Gasteiger partial charge >= 0.3 is 0 Å². The molecule has 0 radical (unpaired) electrons. The van der Waals surface area contributed by atoms with Crippen molar-refractivity contribution in [2.75, 3.05) is 13.1 Å². The largest absolute Gasteiger partial charge is 0.378 e. The molecule has 1 aromatic carbocycles. The van der Waals surface area contributed by atoms with Gasteiger partial charge in [0.15, 0.2) is 5.60 Å². The number of aromatic nitrogens is 1. The molecule has 1 fully saturated rings. The molecule has 1 atom stereocenters. The van der Waals surface area contributed by atoms with Gasteiger partial charge in [0.1, 0.15) is 0 Å². The number of likely N-dealkylation sites (tertiary alicyclic amines) is 1. The lowest BCUT2D eigenvalue weighted by molar-refractivity contribution is -0.152. The van der Waals surface area contributed by atoms with Crippen molar-refractivity contribution in [1.82, 2.24) is 9.47 Å². The van der Waals surface area contributed by atoms with Gasteiger partial charge in [0.05, 0.1) is 11.4 Å². The lowest BCUT2D eigenvalue weighted by atomic mass is 9.89. The quantitative estimate of drug-likeness (QED) is 0.727. The van der Waals surface area contributed by atoms with Gasteiger partial charge in [-0.05, 0) is 61.9 Å². The number of piperidine rings is 1. The van der Waals surface area contributed by atoms with E-state index in [0.29, 0.717) is 25.9 Å². The van der Waals surface area contributed by atoms with Crippen LogP contribution in [0.1, 0.15) is 36.8 Å². The number of carbonyl (C=O) groups is 1. The van der Waals surface area contributed by atoms with Crippen LogP contribution in [0.4, 0.5) is 0 Å². The molecule has 1 aromatic heterocycles. The molecule has 0 aliphatic carbocycles. The summed E-state index contributed by atoms with van der Waals surface area (Å²) in [5.41, 5.74) is -0.137. The molecule has 1 amide bonds. The lowest BCUT2D eigenvalue weighted by Crippen LogP contribution is -2.52. The fraction of sp³-hybridized carbons (Fsp3) is 0.429. The number of aryl methyl sites for hydroxylation is 1. The molecule has 1 saturated heterocycles. The maximum absolute atomic E-state index is 12.9. The first-order valence-electron chi connectivity index (χ1n) is 9.79. The van der Waals surface area contributed by atoms with Crippen molar-refractivity contribution in [3.05, 3.63) is 64.1 Å². The summed E-state index contributed by atoms with van der Waals surface area (Å²) < 4.78 is 24.1. The summed E-state index contributed by atoms with van der Waals surface area (Å²) in [5, 5.41) is 15.9. The Labute approximate surface area is 176 Å². The summed E-state index contributed by atoms with van der Waals surface area (Å²) >= 11 is 0. The van der Waals surface area contributed by atoms with Gasteiger partial charge in [-0.25, -0.2) is 13.6 Å². The van der Waals surface area contributed by atoms with Crippen molar-refractivity contribution in [2.24, 2.45) is 5.14 Å². The number of hydrogen-bond donors (Lipinski definition) is 2. The van der Waals surface area contributed by atoms with Crippen molar-refractivity contribution >= 4 is 15.9 Å². The number of nitrogens with zero attached hydrogens (tertiary/aromatic N) is 2. The third-order valence-corrected chi connectivity index (χ3v) is 6.48. The summed E-state index contributed by atoms with van der Waals surface area (Å²) in [4.78, 5) is 26.7. The summed E-state index contributed by atoms with van der Waals surface area (Å²) in [5.74, 6) is -0.216. The molecule has 30 heavy (non-hydrogen) atoms. The van der Waals surface area contributed by atoms with E-state index >= 15 is 0 Å². The van der Waals surface area contributed by atoms with E-state index in [9.17, 15) is 23.1 Å². The summed E-state index contributed by atoms with van der Waals surface area (Å²) in [7, 11) is -3.72. The average molecular weight is 434 g/mol. The Morgan fingerprint density at radius 3 is 2.33 bits per heavy atom. The molecule has 3 N–H and O–H groups in total. The van der Waals surface area contributed by atoms with Crippen LogP contribution in [0.5, 0.6) is 0 Å². The van der Waals surface area contributed by atoms with Crippen LogP contribution in [0.15, 0.2) is 52.3 Å². The normalized spacial score (nSPS) is 17.5. The molecule has 1 aliphatic heterocycles. The van der Waals surface area contributed by atoms with Crippen LogP contribution in [0.3, 0.4) is 0 Å². The standard InChI is InChI=1S/C21H27N3O5S/c1-15-7-10-24(19(25)13-15)14-21(2,27)20(26)23-11-8-17(9-12-23)16-3-5-18(6-4-16)30(22,28)29/h3-7,10,13,17,27H,8-9,11-12,14H2,1-2H3,(H2,22,28,29). The van der Waals surface area contributed by atoms with Crippen LogP contribution in [0.25, 0.3) is 0 Å². The Kier molecular flexibility index (Phi) is 6.16. The van der Waals surface area contributed by atoms with Gasteiger partial charge in [-0.2, -0.15) is 0 Å². The average Bonchev–Trinajstić information content (AvgIpc) is 2.69.